The monoisotopic (exact) mass is 480 g/mol. The molecule has 186 valence electrons. The predicted octanol–water partition coefficient (Wildman–Crippen LogP) is -2.27. The first-order valence-electron chi connectivity index (χ1n) is 11.8. The molecule has 2 heterocycles. The molecule has 3 aromatic rings. The van der Waals surface area contributed by atoms with Crippen LogP contribution in [0, 0.1) is 0 Å². The average molecular weight is 481 g/mol. The Morgan fingerprint density at radius 3 is 2.60 bits per heavy atom. The number of aryl methyl sites for hydroxylation is 1. The summed E-state index contributed by atoms with van der Waals surface area (Å²) in [5.41, 5.74) is 8.75. The highest BCUT2D eigenvalue weighted by atomic mass is 16.5. The molecule has 0 spiro atoms. The van der Waals surface area contributed by atoms with Gasteiger partial charge < -0.3 is 30.3 Å². The Balaban J connectivity index is 1.59. The van der Waals surface area contributed by atoms with Crippen molar-refractivity contribution in [3.63, 3.8) is 0 Å². The lowest BCUT2D eigenvalue weighted by atomic mass is 9.89. The first kappa shape index (κ1) is 24.6. The molecule has 1 aliphatic heterocycles. The minimum absolute atomic E-state index is 0.0494. The van der Waals surface area contributed by atoms with Crippen LogP contribution in [0.4, 0.5) is 5.69 Å². The van der Waals surface area contributed by atoms with Crippen molar-refractivity contribution in [1.29, 1.82) is 0 Å². The van der Waals surface area contributed by atoms with Crippen LogP contribution in [0.25, 0.3) is 11.0 Å². The molecule has 4 rings (SSSR count). The van der Waals surface area contributed by atoms with E-state index in [9.17, 15) is 15.0 Å². The van der Waals surface area contributed by atoms with Gasteiger partial charge in [-0.05, 0) is 49.2 Å². The van der Waals surface area contributed by atoms with Crippen LogP contribution in [-0.2, 0) is 23.9 Å². The van der Waals surface area contributed by atoms with E-state index >= 15 is 0 Å². The average Bonchev–Trinajstić information content (AvgIpc) is 3.49. The van der Waals surface area contributed by atoms with E-state index in [4.69, 9.17) is 16.1 Å². The molecule has 0 saturated carbocycles. The van der Waals surface area contributed by atoms with Crippen molar-refractivity contribution in [3.8, 4) is 0 Å². The number of nitrogens with two attached hydrogens (primary N) is 3. The molecule has 10 nitrogen and oxygen atoms in total. The summed E-state index contributed by atoms with van der Waals surface area (Å²) in [5, 5.41) is 31.4. The highest BCUT2D eigenvalue weighted by molar-refractivity contribution is 5.92. The number of aromatic nitrogens is 2. The van der Waals surface area contributed by atoms with Gasteiger partial charge in [0.2, 0.25) is 0 Å². The van der Waals surface area contributed by atoms with Crippen LogP contribution in [0.15, 0.2) is 42.5 Å². The van der Waals surface area contributed by atoms with Gasteiger partial charge in [-0.15, -0.1) is 0 Å². The zero-order chi connectivity index (χ0) is 25.2. The summed E-state index contributed by atoms with van der Waals surface area (Å²) in [7, 11) is 1.95. The van der Waals surface area contributed by atoms with Crippen molar-refractivity contribution < 1.29 is 25.7 Å². The Hall–Kier alpha value is -3.47. The number of carbonyl (C=O) groups is 1. The van der Waals surface area contributed by atoms with Gasteiger partial charge in [-0.1, -0.05) is 6.07 Å². The van der Waals surface area contributed by atoms with Gasteiger partial charge in [0, 0.05) is 44.6 Å². The Morgan fingerprint density at radius 1 is 1.29 bits per heavy atom. The number of carbonyl (C=O) groups excluding carboxylic acids is 1. The van der Waals surface area contributed by atoms with Crippen LogP contribution in [0.5, 0.6) is 0 Å². The van der Waals surface area contributed by atoms with Crippen molar-refractivity contribution in [1.82, 2.24) is 14.5 Å². The van der Waals surface area contributed by atoms with E-state index in [0.29, 0.717) is 19.6 Å². The normalized spacial score (nSPS) is 16.3. The molecule has 10 heteroatoms. The number of amides is 1. The third-order valence-electron chi connectivity index (χ3n) is 6.81. The Bertz CT molecular complexity index is 1220. The summed E-state index contributed by atoms with van der Waals surface area (Å²) < 4.78 is 2.01. The predicted molar refractivity (Wildman–Crippen MR) is 131 cm³/mol. The van der Waals surface area contributed by atoms with Crippen LogP contribution in [0.1, 0.15) is 36.7 Å². The molecule has 1 amide bonds. The first-order valence-corrected chi connectivity index (χ1v) is 11.8. The van der Waals surface area contributed by atoms with Crippen molar-refractivity contribution in [2.24, 2.45) is 12.8 Å². The second kappa shape index (κ2) is 10.0. The number of nitrogens with one attached hydrogen (secondary N) is 1. The molecule has 1 saturated heterocycles. The third-order valence-corrected chi connectivity index (χ3v) is 6.81. The fraction of sp³-hybridized carbons (Fsp3) is 0.400. The van der Waals surface area contributed by atoms with E-state index in [1.165, 1.54) is 0 Å². The number of hydrogen-bond acceptors (Lipinski definition) is 5. The van der Waals surface area contributed by atoms with Gasteiger partial charge in [0.1, 0.15) is 5.82 Å². The van der Waals surface area contributed by atoms with E-state index in [0.717, 1.165) is 46.5 Å². The summed E-state index contributed by atoms with van der Waals surface area (Å²) >= 11 is 0. The van der Waals surface area contributed by atoms with Gasteiger partial charge in [-0.3, -0.25) is 15.9 Å². The Morgan fingerprint density at radius 2 is 1.97 bits per heavy atom. The lowest BCUT2D eigenvalue weighted by molar-refractivity contribution is -0.746. The fourth-order valence-corrected chi connectivity index (χ4v) is 4.61. The number of fused-ring (bicyclic) bond motifs is 1. The van der Waals surface area contributed by atoms with Crippen LogP contribution >= 0.6 is 0 Å². The van der Waals surface area contributed by atoms with Gasteiger partial charge in [0.25, 0.3) is 11.7 Å². The molecule has 8 N–H and O–H groups in total. The lowest BCUT2D eigenvalue weighted by Gasteiger charge is -2.32. The summed E-state index contributed by atoms with van der Waals surface area (Å²) in [6.45, 7) is 3.62. The van der Waals surface area contributed by atoms with E-state index < -0.39 is 11.8 Å². The molecule has 35 heavy (non-hydrogen) atoms. The van der Waals surface area contributed by atoms with Crippen LogP contribution in [0.2, 0.25) is 0 Å². The molecule has 0 bridgehead atoms. The van der Waals surface area contributed by atoms with Crippen molar-refractivity contribution in [3.05, 3.63) is 59.4 Å². The molecule has 2 atom stereocenters. The maximum Gasteiger partial charge on any atom is 0.288 e. The zero-order valence-electron chi connectivity index (χ0n) is 20.2. The number of rotatable bonds is 9. The highest BCUT2D eigenvalue weighted by Gasteiger charge is 2.43. The third kappa shape index (κ3) is 5.14. The SMILES string of the molecule is Cn1c(CNc2ccc(C(N)=[NH2+])cc2)nc2cc([C@@](C)([NH2+]CC([O-])O)C(=O)N3CCCC3)ccc21. The quantitative estimate of drug-likeness (QED) is 0.132. The molecule has 2 aromatic carbocycles. The zero-order valence-corrected chi connectivity index (χ0v) is 20.2. The number of aliphatic hydroxyl groups is 1. The number of aliphatic hydroxyl groups excluding tert-OH is 1. The molecule has 1 unspecified atom stereocenters. The van der Waals surface area contributed by atoms with E-state index in [1.807, 2.05) is 65.9 Å². The fourth-order valence-electron chi connectivity index (χ4n) is 4.61. The van der Waals surface area contributed by atoms with E-state index in [-0.39, 0.29) is 18.3 Å². The number of anilines is 1. The van der Waals surface area contributed by atoms with Crippen molar-refractivity contribution in [2.45, 2.75) is 38.1 Å². The topological polar surface area (TPSA) is 162 Å². The second-order valence-corrected chi connectivity index (χ2v) is 9.27. The van der Waals surface area contributed by atoms with Gasteiger partial charge in [-0.25, -0.2) is 4.98 Å². The standard InChI is InChI=1S/C25H32N7O3/c1-25(29-15-22(33)34,24(35)32-11-3-4-12-32)17-7-10-20-19(13-17)30-21(31(20)2)14-28-18-8-5-16(6-9-18)23(26)27/h5-10,13,22,28-29,33H,3-4,11-12,14-15H2,1-2H3,(H3,26,27)/q-1/p+2/t22?,25-/m1/s1. The van der Waals surface area contributed by atoms with Gasteiger partial charge in [0.05, 0.1) is 29.7 Å². The molecule has 1 aliphatic rings. The van der Waals surface area contributed by atoms with Gasteiger partial charge in [-0.2, -0.15) is 0 Å². The van der Waals surface area contributed by atoms with E-state index in [1.54, 1.807) is 5.32 Å². The summed E-state index contributed by atoms with van der Waals surface area (Å²) in [6.07, 6.45) is 0.190. The molecule has 0 aliphatic carbocycles. The minimum Gasteiger partial charge on any atom is -0.827 e. The summed E-state index contributed by atoms with van der Waals surface area (Å²) in [4.78, 5) is 20.1. The van der Waals surface area contributed by atoms with Crippen LogP contribution in [0.3, 0.4) is 0 Å². The molecule has 1 aromatic heterocycles. The van der Waals surface area contributed by atoms with E-state index in [2.05, 4.69) is 5.32 Å². The molecule has 0 radical (unpaired) electrons. The minimum atomic E-state index is -1.76. The molecular formula is C25H34N7O3+. The molecule has 1 fully saturated rings. The van der Waals surface area contributed by atoms with Gasteiger partial charge in [0.15, 0.2) is 5.54 Å². The number of nitrogens with zero attached hydrogens (tertiary/aromatic N) is 3. The second-order valence-electron chi connectivity index (χ2n) is 9.27. The summed E-state index contributed by atoms with van der Waals surface area (Å²) in [6, 6.07) is 13.3. The Labute approximate surface area is 204 Å². The van der Waals surface area contributed by atoms with Crippen LogP contribution in [-0.4, -0.2) is 57.2 Å². The molecular weight excluding hydrogens is 446 g/mol. The highest BCUT2D eigenvalue weighted by Crippen LogP contribution is 2.26. The number of hydrogen-bond donors (Lipinski definition) is 5. The maximum absolute atomic E-state index is 13.5. The maximum atomic E-state index is 13.5. The Kier molecular flexibility index (Phi) is 7.06. The lowest BCUT2D eigenvalue weighted by Crippen LogP contribution is -2.99. The number of imidazole rings is 1. The van der Waals surface area contributed by atoms with Crippen molar-refractivity contribution in [2.75, 3.05) is 25.0 Å². The van der Waals surface area contributed by atoms with Crippen molar-refractivity contribution >= 4 is 28.5 Å². The van der Waals surface area contributed by atoms with Crippen LogP contribution < -0.4 is 26.9 Å². The number of likely N-dealkylation sites (tertiary alicyclic amines) is 1. The summed E-state index contributed by atoms with van der Waals surface area (Å²) in [5.74, 6) is 1.06. The first-order chi connectivity index (χ1) is 16.7. The largest absolute Gasteiger partial charge is 0.827 e. The number of quaternary nitrogens is 1. The number of benzene rings is 2. The number of amidine groups is 1. The van der Waals surface area contributed by atoms with Gasteiger partial charge >= 0.3 is 0 Å². The smallest absolute Gasteiger partial charge is 0.288 e.